The minimum atomic E-state index is -1.04. The number of ether oxygens (including phenoxy) is 2. The lowest BCUT2D eigenvalue weighted by Gasteiger charge is -2.10. The molecule has 1 rings (SSSR count). The van der Waals surface area contributed by atoms with Gasteiger partial charge in [0.2, 0.25) is 6.79 Å². The highest BCUT2D eigenvalue weighted by Crippen LogP contribution is 2.19. The molecule has 0 fully saturated rings. The molecule has 0 radical (unpaired) electrons. The van der Waals surface area contributed by atoms with Crippen molar-refractivity contribution in [3.63, 3.8) is 0 Å². The SMILES string of the molecule is C=CSC(=C)OCOc1ccccc1C(=O)O. The first kappa shape index (κ1) is 13.2. The number of carbonyl (C=O) groups is 1. The van der Waals surface area contributed by atoms with Crippen LogP contribution in [0.3, 0.4) is 0 Å². The third-order valence-electron chi connectivity index (χ3n) is 1.77. The lowest BCUT2D eigenvalue weighted by Crippen LogP contribution is -2.05. The van der Waals surface area contributed by atoms with Gasteiger partial charge in [-0.1, -0.05) is 30.5 Å². The van der Waals surface area contributed by atoms with Crippen LogP contribution in [0.5, 0.6) is 5.75 Å². The molecule has 1 aromatic carbocycles. The van der Waals surface area contributed by atoms with E-state index in [2.05, 4.69) is 13.2 Å². The predicted octanol–water partition coefficient (Wildman–Crippen LogP) is 3.09. The van der Waals surface area contributed by atoms with Crippen molar-refractivity contribution in [3.05, 3.63) is 53.5 Å². The van der Waals surface area contributed by atoms with Gasteiger partial charge in [-0.3, -0.25) is 0 Å². The maximum Gasteiger partial charge on any atom is 0.339 e. The van der Waals surface area contributed by atoms with E-state index >= 15 is 0 Å². The Bertz CT molecular complexity index is 428. The number of rotatable bonds is 7. The summed E-state index contributed by atoms with van der Waals surface area (Å²) in [4.78, 5) is 10.9. The zero-order valence-corrected chi connectivity index (χ0v) is 9.90. The van der Waals surface area contributed by atoms with Gasteiger partial charge >= 0.3 is 5.97 Å². The summed E-state index contributed by atoms with van der Waals surface area (Å²) in [6.45, 7) is 7.02. The van der Waals surface area contributed by atoms with E-state index in [1.165, 1.54) is 17.8 Å². The zero-order valence-electron chi connectivity index (χ0n) is 9.09. The monoisotopic (exact) mass is 252 g/mol. The molecule has 0 unspecified atom stereocenters. The van der Waals surface area contributed by atoms with Crippen molar-refractivity contribution in [1.82, 2.24) is 0 Å². The fourth-order valence-electron chi connectivity index (χ4n) is 1.05. The molecule has 1 aromatic rings. The topological polar surface area (TPSA) is 55.8 Å². The molecule has 0 spiro atoms. The molecule has 4 nitrogen and oxygen atoms in total. The van der Waals surface area contributed by atoms with Gasteiger partial charge in [0.1, 0.15) is 11.3 Å². The van der Waals surface area contributed by atoms with Crippen molar-refractivity contribution in [2.75, 3.05) is 6.79 Å². The maximum atomic E-state index is 10.9. The second-order valence-electron chi connectivity index (χ2n) is 2.86. The van der Waals surface area contributed by atoms with Gasteiger partial charge in [-0.15, -0.1) is 0 Å². The maximum absolute atomic E-state index is 10.9. The van der Waals surface area contributed by atoms with E-state index in [1.807, 2.05) is 0 Å². The molecular formula is C12H12O4S. The first-order chi connectivity index (χ1) is 8.15. The van der Waals surface area contributed by atoms with Gasteiger partial charge < -0.3 is 14.6 Å². The molecule has 0 atom stereocenters. The van der Waals surface area contributed by atoms with Crippen molar-refractivity contribution in [2.45, 2.75) is 0 Å². The van der Waals surface area contributed by atoms with E-state index in [-0.39, 0.29) is 18.1 Å². The molecule has 0 heterocycles. The van der Waals surface area contributed by atoms with E-state index < -0.39 is 5.97 Å². The number of para-hydroxylation sites is 1. The summed E-state index contributed by atoms with van der Waals surface area (Å²) in [7, 11) is 0. The van der Waals surface area contributed by atoms with Crippen LogP contribution in [-0.4, -0.2) is 17.9 Å². The van der Waals surface area contributed by atoms with E-state index in [9.17, 15) is 4.79 Å². The van der Waals surface area contributed by atoms with Crippen LogP contribution in [0.1, 0.15) is 10.4 Å². The van der Waals surface area contributed by atoms with Crippen LogP contribution in [-0.2, 0) is 4.74 Å². The van der Waals surface area contributed by atoms with Gasteiger partial charge in [0, 0.05) is 0 Å². The van der Waals surface area contributed by atoms with Gasteiger partial charge in [-0.2, -0.15) is 0 Å². The highest BCUT2D eigenvalue weighted by atomic mass is 32.2. The van der Waals surface area contributed by atoms with Gasteiger partial charge in [-0.25, -0.2) is 4.79 Å². The summed E-state index contributed by atoms with van der Waals surface area (Å²) >= 11 is 1.23. The van der Waals surface area contributed by atoms with Crippen LogP contribution in [0.15, 0.2) is 47.9 Å². The summed E-state index contributed by atoms with van der Waals surface area (Å²) in [5, 5.41) is 10.9. The summed E-state index contributed by atoms with van der Waals surface area (Å²) < 4.78 is 10.3. The molecule has 0 saturated carbocycles. The average molecular weight is 252 g/mol. The highest BCUT2D eigenvalue weighted by molar-refractivity contribution is 8.05. The van der Waals surface area contributed by atoms with E-state index in [1.54, 1.807) is 23.6 Å². The molecule has 90 valence electrons. The minimum Gasteiger partial charge on any atom is -0.478 e. The molecule has 0 aliphatic heterocycles. The Morgan fingerprint density at radius 1 is 1.47 bits per heavy atom. The smallest absolute Gasteiger partial charge is 0.339 e. The van der Waals surface area contributed by atoms with Crippen LogP contribution in [0.25, 0.3) is 0 Å². The lowest BCUT2D eigenvalue weighted by molar-refractivity contribution is 0.0640. The summed E-state index contributed by atoms with van der Waals surface area (Å²) in [5.41, 5.74) is 0.0954. The fraction of sp³-hybridized carbons (Fsp3) is 0.0833. The number of thioether (sulfide) groups is 1. The van der Waals surface area contributed by atoms with Crippen LogP contribution in [0, 0.1) is 0 Å². The van der Waals surface area contributed by atoms with Gasteiger partial charge in [0.05, 0.1) is 0 Å². The highest BCUT2D eigenvalue weighted by Gasteiger charge is 2.09. The number of carboxylic acids is 1. The molecular weight excluding hydrogens is 240 g/mol. The molecule has 0 amide bonds. The number of carboxylic acid groups (broad SMARTS) is 1. The molecule has 0 aliphatic carbocycles. The first-order valence-electron chi connectivity index (χ1n) is 4.69. The fourth-order valence-corrected chi connectivity index (χ4v) is 1.36. The molecule has 0 saturated heterocycles. The van der Waals surface area contributed by atoms with E-state index in [4.69, 9.17) is 14.6 Å². The second kappa shape index (κ2) is 6.65. The van der Waals surface area contributed by atoms with Crippen molar-refractivity contribution in [1.29, 1.82) is 0 Å². The van der Waals surface area contributed by atoms with Crippen molar-refractivity contribution in [2.24, 2.45) is 0 Å². The summed E-state index contributed by atoms with van der Waals surface area (Å²) in [6.07, 6.45) is 0. The van der Waals surface area contributed by atoms with Crippen molar-refractivity contribution < 1.29 is 19.4 Å². The molecule has 0 aromatic heterocycles. The van der Waals surface area contributed by atoms with Gasteiger partial charge in [0.25, 0.3) is 0 Å². The quantitative estimate of drug-likeness (QED) is 0.597. The van der Waals surface area contributed by atoms with Gasteiger partial charge in [0.15, 0.2) is 5.09 Å². The summed E-state index contributed by atoms with van der Waals surface area (Å²) in [5.74, 6) is -0.781. The largest absolute Gasteiger partial charge is 0.478 e. The Balaban J connectivity index is 2.54. The minimum absolute atomic E-state index is 0.0933. The molecule has 17 heavy (non-hydrogen) atoms. The Morgan fingerprint density at radius 3 is 2.82 bits per heavy atom. The number of benzene rings is 1. The third kappa shape index (κ3) is 4.24. The van der Waals surface area contributed by atoms with Crippen molar-refractivity contribution in [3.8, 4) is 5.75 Å². The lowest BCUT2D eigenvalue weighted by atomic mass is 10.2. The normalized spacial score (nSPS) is 9.41. The predicted molar refractivity (Wildman–Crippen MR) is 66.9 cm³/mol. The van der Waals surface area contributed by atoms with E-state index in [0.717, 1.165) is 0 Å². The summed E-state index contributed by atoms with van der Waals surface area (Å²) in [6, 6.07) is 6.35. The van der Waals surface area contributed by atoms with Crippen molar-refractivity contribution >= 4 is 17.7 Å². The Hall–Kier alpha value is -1.88. The van der Waals surface area contributed by atoms with E-state index in [0.29, 0.717) is 5.09 Å². The molecule has 1 N–H and O–H groups in total. The number of aromatic carboxylic acids is 1. The van der Waals surface area contributed by atoms with Gasteiger partial charge in [-0.05, 0) is 24.1 Å². The first-order valence-corrected chi connectivity index (χ1v) is 5.57. The van der Waals surface area contributed by atoms with Crippen LogP contribution < -0.4 is 4.74 Å². The standard InChI is InChI=1S/C12H12O4S/c1-3-17-9(2)15-8-16-11-7-5-4-6-10(11)12(13)14/h3-7H,1-2,8H2,(H,13,14). The Morgan fingerprint density at radius 2 is 2.18 bits per heavy atom. The zero-order chi connectivity index (χ0) is 12.7. The second-order valence-corrected chi connectivity index (χ2v) is 3.89. The third-order valence-corrected chi connectivity index (χ3v) is 2.31. The van der Waals surface area contributed by atoms with Crippen LogP contribution in [0.2, 0.25) is 0 Å². The Kier molecular flexibility index (Phi) is 5.16. The molecule has 0 bridgehead atoms. The number of hydrogen-bond donors (Lipinski definition) is 1. The Labute approximate surface area is 104 Å². The average Bonchev–Trinajstić information content (AvgIpc) is 2.30. The van der Waals surface area contributed by atoms with Crippen LogP contribution >= 0.6 is 11.8 Å². The number of hydrogen-bond acceptors (Lipinski definition) is 4. The molecule has 0 aliphatic rings. The van der Waals surface area contributed by atoms with Crippen LogP contribution in [0.4, 0.5) is 0 Å². The molecule has 5 heteroatoms.